The average molecular weight is 228 g/mol. The molecule has 0 aromatic rings. The summed E-state index contributed by atoms with van der Waals surface area (Å²) in [6.45, 7) is 8.37. The minimum absolute atomic E-state index is 0.198. The van der Waals surface area contributed by atoms with Crippen LogP contribution in [0.15, 0.2) is 0 Å². The number of nitrogens with zero attached hydrogens (tertiary/aromatic N) is 1. The highest BCUT2D eigenvalue weighted by molar-refractivity contribution is 5.69. The van der Waals surface area contributed by atoms with E-state index in [1.807, 2.05) is 25.7 Å². The first-order valence-corrected chi connectivity index (χ1v) is 6.06. The van der Waals surface area contributed by atoms with Crippen LogP contribution in [0.2, 0.25) is 0 Å². The molecule has 2 N–H and O–H groups in total. The zero-order chi connectivity index (χ0) is 12.3. The van der Waals surface area contributed by atoms with Gasteiger partial charge in [-0.3, -0.25) is 0 Å². The highest BCUT2D eigenvalue weighted by Gasteiger charge is 2.36. The first-order valence-electron chi connectivity index (χ1n) is 6.06. The van der Waals surface area contributed by atoms with E-state index in [0.29, 0.717) is 6.54 Å². The van der Waals surface area contributed by atoms with Gasteiger partial charge in [0.1, 0.15) is 5.60 Å². The summed E-state index contributed by atoms with van der Waals surface area (Å²) < 4.78 is 5.41. The second kappa shape index (κ2) is 5.04. The van der Waals surface area contributed by atoms with Gasteiger partial charge in [-0.1, -0.05) is 0 Å². The fourth-order valence-corrected chi connectivity index (χ4v) is 2.19. The van der Waals surface area contributed by atoms with Gasteiger partial charge in [-0.05, 0) is 53.5 Å². The zero-order valence-corrected chi connectivity index (χ0v) is 10.8. The quantitative estimate of drug-likeness (QED) is 0.787. The Bertz CT molecular complexity index is 246. The Labute approximate surface area is 98.1 Å². The van der Waals surface area contributed by atoms with Gasteiger partial charge in [0.2, 0.25) is 0 Å². The Morgan fingerprint density at radius 1 is 1.44 bits per heavy atom. The third-order valence-electron chi connectivity index (χ3n) is 2.89. The molecule has 0 unspecified atom stereocenters. The second-order valence-corrected chi connectivity index (χ2v) is 5.55. The summed E-state index contributed by atoms with van der Waals surface area (Å²) in [6, 6.07) is 0.529. The molecule has 1 amide bonds. The third kappa shape index (κ3) is 3.37. The van der Waals surface area contributed by atoms with Gasteiger partial charge >= 0.3 is 6.09 Å². The van der Waals surface area contributed by atoms with Crippen molar-refractivity contribution >= 4 is 6.09 Å². The number of hydrogen-bond donors (Lipinski definition) is 1. The molecular formula is C12H24N2O2. The molecule has 0 aromatic carbocycles. The van der Waals surface area contributed by atoms with Crippen LogP contribution in [0.1, 0.15) is 47.0 Å². The van der Waals surface area contributed by atoms with Crippen molar-refractivity contribution in [2.24, 2.45) is 5.73 Å². The van der Waals surface area contributed by atoms with Crippen LogP contribution < -0.4 is 5.73 Å². The van der Waals surface area contributed by atoms with Gasteiger partial charge < -0.3 is 15.4 Å². The highest BCUT2D eigenvalue weighted by atomic mass is 16.6. The van der Waals surface area contributed by atoms with Crippen molar-refractivity contribution in [1.82, 2.24) is 4.90 Å². The lowest BCUT2D eigenvalue weighted by Crippen LogP contribution is -2.43. The van der Waals surface area contributed by atoms with E-state index in [1.54, 1.807) is 0 Å². The average Bonchev–Trinajstić information content (AvgIpc) is 2.44. The summed E-state index contributed by atoms with van der Waals surface area (Å²) >= 11 is 0. The number of hydrogen-bond acceptors (Lipinski definition) is 3. The topological polar surface area (TPSA) is 55.6 Å². The van der Waals surface area contributed by atoms with Gasteiger partial charge in [0.25, 0.3) is 0 Å². The molecule has 0 aromatic heterocycles. The first kappa shape index (κ1) is 13.3. The van der Waals surface area contributed by atoms with E-state index < -0.39 is 5.60 Å². The summed E-state index contributed by atoms with van der Waals surface area (Å²) in [5.74, 6) is 0. The number of carbonyl (C=O) groups excluding carboxylic acids is 1. The predicted molar refractivity (Wildman–Crippen MR) is 64.2 cm³/mol. The maximum atomic E-state index is 12.0. The Balaban J connectivity index is 2.64. The minimum atomic E-state index is -0.424. The number of amides is 1. The number of rotatable bonds is 2. The molecule has 1 fully saturated rings. The molecule has 1 rings (SSSR count). The monoisotopic (exact) mass is 228 g/mol. The van der Waals surface area contributed by atoms with E-state index in [2.05, 4.69) is 6.92 Å². The molecular weight excluding hydrogens is 204 g/mol. The SMILES string of the molecule is C[C@H]1CC[C@@H](CCN)N1C(=O)OC(C)(C)C. The number of carbonyl (C=O) groups is 1. The third-order valence-corrected chi connectivity index (χ3v) is 2.89. The number of likely N-dealkylation sites (tertiary alicyclic amines) is 1. The minimum Gasteiger partial charge on any atom is -0.444 e. The molecule has 4 nitrogen and oxygen atoms in total. The molecule has 1 heterocycles. The van der Waals surface area contributed by atoms with E-state index in [4.69, 9.17) is 10.5 Å². The fraction of sp³-hybridized carbons (Fsp3) is 0.917. The predicted octanol–water partition coefficient (Wildman–Crippen LogP) is 2.12. The van der Waals surface area contributed by atoms with Gasteiger partial charge in [-0.15, -0.1) is 0 Å². The Kier molecular flexibility index (Phi) is 4.19. The maximum absolute atomic E-state index is 12.0. The number of ether oxygens (including phenoxy) is 1. The molecule has 0 spiro atoms. The molecule has 0 aliphatic carbocycles. The molecule has 0 radical (unpaired) electrons. The summed E-state index contributed by atoms with van der Waals surface area (Å²) in [7, 11) is 0. The molecule has 1 aliphatic rings. The van der Waals surface area contributed by atoms with Gasteiger partial charge in [0, 0.05) is 12.1 Å². The van der Waals surface area contributed by atoms with Gasteiger partial charge in [-0.25, -0.2) is 4.79 Å². The Morgan fingerprint density at radius 3 is 2.56 bits per heavy atom. The van der Waals surface area contributed by atoms with Crippen LogP contribution in [0, 0.1) is 0 Å². The second-order valence-electron chi connectivity index (χ2n) is 5.55. The molecule has 16 heavy (non-hydrogen) atoms. The van der Waals surface area contributed by atoms with E-state index >= 15 is 0 Å². The molecule has 1 aliphatic heterocycles. The molecule has 2 atom stereocenters. The Hall–Kier alpha value is -0.770. The van der Waals surface area contributed by atoms with Crippen LogP contribution in [0.25, 0.3) is 0 Å². The lowest BCUT2D eigenvalue weighted by Gasteiger charge is -2.31. The number of nitrogens with two attached hydrogens (primary N) is 1. The van der Waals surface area contributed by atoms with Crippen molar-refractivity contribution in [2.45, 2.75) is 64.6 Å². The van der Waals surface area contributed by atoms with Crippen LogP contribution in [-0.4, -0.2) is 35.2 Å². The maximum Gasteiger partial charge on any atom is 0.410 e. The van der Waals surface area contributed by atoms with Crippen LogP contribution in [0.3, 0.4) is 0 Å². The molecule has 4 heteroatoms. The lowest BCUT2D eigenvalue weighted by molar-refractivity contribution is 0.0156. The normalized spacial score (nSPS) is 25.9. The summed E-state index contributed by atoms with van der Waals surface area (Å²) in [4.78, 5) is 13.9. The van der Waals surface area contributed by atoms with Gasteiger partial charge in [0.15, 0.2) is 0 Å². The largest absolute Gasteiger partial charge is 0.444 e. The van der Waals surface area contributed by atoms with Crippen molar-refractivity contribution in [1.29, 1.82) is 0 Å². The molecule has 94 valence electrons. The first-order chi connectivity index (χ1) is 7.35. The molecule has 1 saturated heterocycles. The van der Waals surface area contributed by atoms with E-state index in [1.165, 1.54) is 0 Å². The van der Waals surface area contributed by atoms with Gasteiger partial charge in [0.05, 0.1) is 0 Å². The highest BCUT2D eigenvalue weighted by Crippen LogP contribution is 2.27. The van der Waals surface area contributed by atoms with Crippen molar-refractivity contribution in [3.8, 4) is 0 Å². The van der Waals surface area contributed by atoms with Crippen molar-refractivity contribution in [2.75, 3.05) is 6.54 Å². The van der Waals surface area contributed by atoms with Crippen molar-refractivity contribution in [3.63, 3.8) is 0 Å². The lowest BCUT2D eigenvalue weighted by atomic mass is 10.1. The van der Waals surface area contributed by atoms with E-state index in [-0.39, 0.29) is 18.2 Å². The van der Waals surface area contributed by atoms with Crippen molar-refractivity contribution in [3.05, 3.63) is 0 Å². The van der Waals surface area contributed by atoms with E-state index in [0.717, 1.165) is 19.3 Å². The summed E-state index contributed by atoms with van der Waals surface area (Å²) in [5, 5.41) is 0. The summed E-state index contributed by atoms with van der Waals surface area (Å²) in [5.41, 5.74) is 5.14. The van der Waals surface area contributed by atoms with Crippen LogP contribution in [0.4, 0.5) is 4.79 Å². The smallest absolute Gasteiger partial charge is 0.410 e. The molecule has 0 bridgehead atoms. The Morgan fingerprint density at radius 2 is 2.06 bits per heavy atom. The summed E-state index contributed by atoms with van der Waals surface area (Å²) in [6.07, 6.45) is 2.75. The standard InChI is InChI=1S/C12H24N2O2/c1-9-5-6-10(7-8-13)14(9)11(15)16-12(2,3)4/h9-10H,5-8,13H2,1-4H3/t9-,10-/m0/s1. The zero-order valence-electron chi connectivity index (χ0n) is 10.8. The van der Waals surface area contributed by atoms with Crippen LogP contribution in [0.5, 0.6) is 0 Å². The fourth-order valence-electron chi connectivity index (χ4n) is 2.19. The van der Waals surface area contributed by atoms with Crippen molar-refractivity contribution < 1.29 is 9.53 Å². The van der Waals surface area contributed by atoms with Crippen LogP contribution >= 0.6 is 0 Å². The van der Waals surface area contributed by atoms with Gasteiger partial charge in [-0.2, -0.15) is 0 Å². The van der Waals surface area contributed by atoms with E-state index in [9.17, 15) is 4.79 Å². The molecule has 0 saturated carbocycles. The van der Waals surface area contributed by atoms with Crippen LogP contribution in [-0.2, 0) is 4.74 Å².